The summed E-state index contributed by atoms with van der Waals surface area (Å²) in [5.41, 5.74) is 1.32. The first-order valence-electron chi connectivity index (χ1n) is 5.92. The molecule has 0 amide bonds. The molecule has 0 saturated carbocycles. The van der Waals surface area contributed by atoms with Crippen molar-refractivity contribution in [2.45, 2.75) is 13.3 Å². The van der Waals surface area contributed by atoms with Crippen LogP contribution in [0.3, 0.4) is 0 Å². The number of nitrogens with one attached hydrogen (secondary N) is 2. The third-order valence-corrected chi connectivity index (χ3v) is 2.32. The van der Waals surface area contributed by atoms with Crippen LogP contribution < -0.4 is 10.1 Å². The van der Waals surface area contributed by atoms with Crippen LogP contribution >= 0.6 is 0 Å². The fraction of sp³-hybridized carbons (Fsp3) is 0.545. The van der Waals surface area contributed by atoms with E-state index in [4.69, 9.17) is 9.47 Å². The largest absolute Gasteiger partial charge is 0.476 e. The van der Waals surface area contributed by atoms with Gasteiger partial charge in [0.15, 0.2) is 5.65 Å². The van der Waals surface area contributed by atoms with Crippen molar-refractivity contribution >= 4 is 17.1 Å². The van der Waals surface area contributed by atoms with Gasteiger partial charge in [0, 0.05) is 26.7 Å². The molecule has 0 aromatic carbocycles. The Kier molecular flexibility index (Phi) is 4.30. The van der Waals surface area contributed by atoms with E-state index in [2.05, 4.69) is 25.3 Å². The molecule has 2 aromatic rings. The first-order chi connectivity index (χ1) is 8.85. The molecule has 18 heavy (non-hydrogen) atoms. The van der Waals surface area contributed by atoms with Crippen LogP contribution in [0.1, 0.15) is 13.3 Å². The van der Waals surface area contributed by atoms with Crippen LogP contribution in [-0.2, 0) is 4.74 Å². The summed E-state index contributed by atoms with van der Waals surface area (Å²) in [7, 11) is 1.67. The topological polar surface area (TPSA) is 85.0 Å². The Morgan fingerprint density at radius 3 is 3.00 bits per heavy atom. The number of hydrogen-bond acceptors (Lipinski definition) is 6. The molecule has 0 radical (unpaired) electrons. The Bertz CT molecular complexity index is 499. The van der Waals surface area contributed by atoms with E-state index in [0.29, 0.717) is 36.2 Å². The summed E-state index contributed by atoms with van der Waals surface area (Å²) >= 11 is 0. The van der Waals surface area contributed by atoms with Gasteiger partial charge in [0.25, 0.3) is 0 Å². The van der Waals surface area contributed by atoms with Gasteiger partial charge in [0.05, 0.1) is 12.9 Å². The van der Waals surface area contributed by atoms with Gasteiger partial charge in [0.1, 0.15) is 5.52 Å². The highest BCUT2D eigenvalue weighted by Crippen LogP contribution is 2.20. The molecule has 0 unspecified atom stereocenters. The number of anilines is 1. The standard InChI is InChI=1S/C11H17N5O2/c1-3-12-11-15-9-8(13-7-14-9)10(16-11)18-6-4-5-17-2/h7H,3-6H2,1-2H3,(H2,12,13,14,15,16). The molecule has 7 heteroatoms. The molecule has 98 valence electrons. The first kappa shape index (κ1) is 12.6. The van der Waals surface area contributed by atoms with Crippen molar-refractivity contribution in [2.24, 2.45) is 0 Å². The number of aromatic nitrogens is 4. The molecule has 0 aliphatic carbocycles. The monoisotopic (exact) mass is 251 g/mol. The fourth-order valence-corrected chi connectivity index (χ4v) is 1.52. The van der Waals surface area contributed by atoms with Crippen molar-refractivity contribution < 1.29 is 9.47 Å². The lowest BCUT2D eigenvalue weighted by molar-refractivity contribution is 0.171. The lowest BCUT2D eigenvalue weighted by Gasteiger charge is -2.07. The number of methoxy groups -OCH3 is 1. The second-order valence-electron chi connectivity index (χ2n) is 3.68. The van der Waals surface area contributed by atoms with Crippen molar-refractivity contribution in [2.75, 3.05) is 32.2 Å². The van der Waals surface area contributed by atoms with Crippen molar-refractivity contribution in [1.82, 2.24) is 19.9 Å². The summed E-state index contributed by atoms with van der Waals surface area (Å²) in [4.78, 5) is 15.7. The molecule has 0 atom stereocenters. The maximum Gasteiger partial charge on any atom is 0.245 e. The van der Waals surface area contributed by atoms with Gasteiger partial charge in [0.2, 0.25) is 11.8 Å². The zero-order valence-electron chi connectivity index (χ0n) is 10.6. The molecule has 0 aliphatic heterocycles. The van der Waals surface area contributed by atoms with Crippen LogP contribution in [-0.4, -0.2) is 46.8 Å². The van der Waals surface area contributed by atoms with Crippen LogP contribution in [0.15, 0.2) is 6.33 Å². The van der Waals surface area contributed by atoms with Gasteiger partial charge in [-0.05, 0) is 6.92 Å². The zero-order valence-corrected chi connectivity index (χ0v) is 10.6. The van der Waals surface area contributed by atoms with Crippen LogP contribution in [0.25, 0.3) is 11.2 Å². The van der Waals surface area contributed by atoms with E-state index in [1.807, 2.05) is 6.92 Å². The van der Waals surface area contributed by atoms with Crippen molar-refractivity contribution in [3.63, 3.8) is 0 Å². The molecule has 0 bridgehead atoms. The van der Waals surface area contributed by atoms with Crippen LogP contribution in [0, 0.1) is 0 Å². The minimum absolute atomic E-state index is 0.518. The molecule has 2 aromatic heterocycles. The Morgan fingerprint density at radius 1 is 1.33 bits per heavy atom. The average Bonchev–Trinajstić information content (AvgIpc) is 2.83. The Hall–Kier alpha value is -1.89. The predicted octanol–water partition coefficient (Wildman–Crippen LogP) is 1.20. The van der Waals surface area contributed by atoms with Gasteiger partial charge >= 0.3 is 0 Å². The van der Waals surface area contributed by atoms with E-state index < -0.39 is 0 Å². The van der Waals surface area contributed by atoms with Gasteiger partial charge in [-0.15, -0.1) is 0 Å². The van der Waals surface area contributed by atoms with Gasteiger partial charge < -0.3 is 19.8 Å². The zero-order chi connectivity index (χ0) is 12.8. The smallest absolute Gasteiger partial charge is 0.245 e. The molecule has 2 heterocycles. The predicted molar refractivity (Wildman–Crippen MR) is 67.8 cm³/mol. The minimum atomic E-state index is 0.518. The Morgan fingerprint density at radius 2 is 2.22 bits per heavy atom. The number of hydrogen-bond donors (Lipinski definition) is 2. The van der Waals surface area contributed by atoms with Gasteiger partial charge in [-0.3, -0.25) is 0 Å². The second-order valence-corrected chi connectivity index (χ2v) is 3.68. The van der Waals surface area contributed by atoms with Crippen molar-refractivity contribution in [3.05, 3.63) is 6.33 Å². The molecule has 2 N–H and O–H groups in total. The molecule has 2 rings (SSSR count). The SMILES string of the molecule is CCNc1nc(OCCCOC)c2[nH]cnc2n1. The first-order valence-corrected chi connectivity index (χ1v) is 5.92. The summed E-state index contributed by atoms with van der Waals surface area (Å²) < 4.78 is 10.6. The molecule has 7 nitrogen and oxygen atoms in total. The van der Waals surface area contributed by atoms with E-state index in [-0.39, 0.29) is 0 Å². The number of nitrogens with zero attached hydrogens (tertiary/aromatic N) is 3. The highest BCUT2D eigenvalue weighted by Gasteiger charge is 2.10. The summed E-state index contributed by atoms with van der Waals surface area (Å²) in [6.45, 7) is 3.94. The van der Waals surface area contributed by atoms with Crippen LogP contribution in [0.4, 0.5) is 5.95 Å². The van der Waals surface area contributed by atoms with E-state index >= 15 is 0 Å². The van der Waals surface area contributed by atoms with Crippen molar-refractivity contribution in [1.29, 1.82) is 0 Å². The van der Waals surface area contributed by atoms with Gasteiger partial charge in [-0.1, -0.05) is 0 Å². The Balaban J connectivity index is 2.15. The highest BCUT2D eigenvalue weighted by atomic mass is 16.5. The van der Waals surface area contributed by atoms with Crippen molar-refractivity contribution in [3.8, 4) is 5.88 Å². The fourth-order valence-electron chi connectivity index (χ4n) is 1.52. The summed E-state index contributed by atoms with van der Waals surface area (Å²) in [6.07, 6.45) is 2.39. The quantitative estimate of drug-likeness (QED) is 0.719. The summed E-state index contributed by atoms with van der Waals surface area (Å²) in [5, 5.41) is 3.05. The minimum Gasteiger partial charge on any atom is -0.476 e. The van der Waals surface area contributed by atoms with E-state index in [1.54, 1.807) is 13.4 Å². The summed E-state index contributed by atoms with van der Waals surface area (Å²) in [6, 6.07) is 0. The number of fused-ring (bicyclic) bond motifs is 1. The third kappa shape index (κ3) is 2.86. The lowest BCUT2D eigenvalue weighted by atomic mass is 10.5. The van der Waals surface area contributed by atoms with Crippen LogP contribution in [0.5, 0.6) is 5.88 Å². The second kappa shape index (κ2) is 6.15. The average molecular weight is 251 g/mol. The maximum atomic E-state index is 5.62. The number of imidazole rings is 1. The van der Waals surface area contributed by atoms with Crippen LogP contribution in [0.2, 0.25) is 0 Å². The number of H-pyrrole nitrogens is 1. The molecule has 0 aliphatic rings. The lowest BCUT2D eigenvalue weighted by Crippen LogP contribution is -2.07. The molecular formula is C11H17N5O2. The van der Waals surface area contributed by atoms with E-state index in [0.717, 1.165) is 13.0 Å². The molecule has 0 spiro atoms. The molecule has 0 saturated heterocycles. The van der Waals surface area contributed by atoms with E-state index in [1.165, 1.54) is 0 Å². The number of aromatic amines is 1. The Labute approximate surface area is 105 Å². The van der Waals surface area contributed by atoms with E-state index in [9.17, 15) is 0 Å². The molecular weight excluding hydrogens is 234 g/mol. The number of ether oxygens (including phenoxy) is 2. The number of rotatable bonds is 7. The normalized spacial score (nSPS) is 10.8. The van der Waals surface area contributed by atoms with Gasteiger partial charge in [-0.2, -0.15) is 9.97 Å². The maximum absolute atomic E-state index is 5.62. The third-order valence-electron chi connectivity index (χ3n) is 2.32. The van der Waals surface area contributed by atoms with Gasteiger partial charge in [-0.25, -0.2) is 4.98 Å². The molecule has 0 fully saturated rings. The highest BCUT2D eigenvalue weighted by molar-refractivity contribution is 5.76. The summed E-state index contributed by atoms with van der Waals surface area (Å²) in [5.74, 6) is 1.04.